The van der Waals surface area contributed by atoms with Gasteiger partial charge in [-0.25, -0.2) is 9.18 Å². The van der Waals surface area contributed by atoms with Gasteiger partial charge in [-0.3, -0.25) is 4.79 Å². The molecule has 4 heteroatoms. The Kier molecular flexibility index (Phi) is 2.68. The predicted molar refractivity (Wildman–Crippen MR) is 43.9 cm³/mol. The van der Waals surface area contributed by atoms with Gasteiger partial charge in [0, 0.05) is 12.3 Å². The van der Waals surface area contributed by atoms with Gasteiger partial charge in [0.05, 0.1) is 6.61 Å². The number of hydrogen-bond donors (Lipinski definition) is 0. The monoisotopic (exact) mass is 188 g/mol. The van der Waals surface area contributed by atoms with Gasteiger partial charge in [-0.05, 0) is 13.3 Å². The normalized spacial score (nSPS) is 33.5. The molecule has 0 aromatic heterocycles. The lowest BCUT2D eigenvalue weighted by Gasteiger charge is -2.20. The van der Waals surface area contributed by atoms with Crippen molar-refractivity contribution in [2.24, 2.45) is 5.92 Å². The highest BCUT2D eigenvalue weighted by Crippen LogP contribution is 2.36. The molecule has 1 fully saturated rings. The summed E-state index contributed by atoms with van der Waals surface area (Å²) in [6.45, 7) is 3.25. The van der Waals surface area contributed by atoms with Crippen LogP contribution >= 0.6 is 0 Å². The van der Waals surface area contributed by atoms with Gasteiger partial charge < -0.3 is 4.74 Å². The van der Waals surface area contributed by atoms with E-state index in [1.165, 1.54) is 0 Å². The van der Waals surface area contributed by atoms with Crippen molar-refractivity contribution in [3.63, 3.8) is 0 Å². The Bertz CT molecular complexity index is 239. The van der Waals surface area contributed by atoms with Crippen LogP contribution in [-0.2, 0) is 14.3 Å². The highest BCUT2D eigenvalue weighted by atomic mass is 19.1. The van der Waals surface area contributed by atoms with Crippen LogP contribution in [0.3, 0.4) is 0 Å². The van der Waals surface area contributed by atoms with E-state index >= 15 is 0 Å². The lowest BCUT2D eigenvalue weighted by Crippen LogP contribution is -2.44. The largest absolute Gasteiger partial charge is 0.463 e. The van der Waals surface area contributed by atoms with Crippen molar-refractivity contribution in [2.45, 2.75) is 32.4 Å². The van der Waals surface area contributed by atoms with Gasteiger partial charge >= 0.3 is 5.97 Å². The smallest absolute Gasteiger partial charge is 0.352 e. The Morgan fingerprint density at radius 2 is 2.38 bits per heavy atom. The Labute approximate surface area is 76.3 Å². The Hall–Kier alpha value is -0.930. The third kappa shape index (κ3) is 1.45. The zero-order valence-electron chi connectivity index (χ0n) is 7.80. The number of ketones is 1. The summed E-state index contributed by atoms with van der Waals surface area (Å²) in [5, 5.41) is 0. The molecule has 0 amide bonds. The maximum Gasteiger partial charge on any atom is 0.352 e. The first kappa shape index (κ1) is 10.2. The molecule has 0 heterocycles. The van der Waals surface area contributed by atoms with Crippen LogP contribution in [0, 0.1) is 5.92 Å². The molecule has 1 unspecified atom stereocenters. The van der Waals surface area contributed by atoms with Crippen LogP contribution in [0.1, 0.15) is 26.7 Å². The van der Waals surface area contributed by atoms with Crippen molar-refractivity contribution >= 4 is 11.8 Å². The Balaban J connectivity index is 2.84. The Morgan fingerprint density at radius 3 is 2.77 bits per heavy atom. The topological polar surface area (TPSA) is 43.4 Å². The maximum atomic E-state index is 13.9. The molecule has 1 aliphatic carbocycles. The third-order valence-corrected chi connectivity index (χ3v) is 2.46. The van der Waals surface area contributed by atoms with E-state index in [4.69, 9.17) is 0 Å². The number of rotatable bonds is 2. The van der Waals surface area contributed by atoms with Gasteiger partial charge in [0.2, 0.25) is 0 Å². The lowest BCUT2D eigenvalue weighted by atomic mass is 9.94. The maximum absolute atomic E-state index is 13.9. The number of carbonyl (C=O) groups is 2. The first-order chi connectivity index (χ1) is 6.03. The van der Waals surface area contributed by atoms with E-state index in [9.17, 15) is 14.0 Å². The summed E-state index contributed by atoms with van der Waals surface area (Å²) >= 11 is 0. The third-order valence-electron chi connectivity index (χ3n) is 2.46. The fourth-order valence-electron chi connectivity index (χ4n) is 1.55. The predicted octanol–water partition coefficient (Wildman–Crippen LogP) is 1.26. The van der Waals surface area contributed by atoms with E-state index in [0.717, 1.165) is 0 Å². The molecule has 0 aliphatic heterocycles. The molecule has 0 aromatic rings. The van der Waals surface area contributed by atoms with E-state index in [2.05, 4.69) is 4.74 Å². The van der Waals surface area contributed by atoms with Crippen molar-refractivity contribution < 1.29 is 18.7 Å². The quantitative estimate of drug-likeness (QED) is 0.484. The molecule has 2 atom stereocenters. The average Bonchev–Trinajstić information content (AvgIpc) is 2.35. The molecule has 1 aliphatic rings. The van der Waals surface area contributed by atoms with E-state index in [1.54, 1.807) is 13.8 Å². The van der Waals surface area contributed by atoms with E-state index < -0.39 is 23.3 Å². The molecular weight excluding hydrogens is 175 g/mol. The lowest BCUT2D eigenvalue weighted by molar-refractivity contribution is -0.163. The van der Waals surface area contributed by atoms with Gasteiger partial charge in [0.15, 0.2) is 5.78 Å². The molecule has 1 rings (SSSR count). The summed E-state index contributed by atoms with van der Waals surface area (Å²) in [5.41, 5.74) is -2.38. The van der Waals surface area contributed by atoms with Crippen LogP contribution in [-0.4, -0.2) is 24.0 Å². The van der Waals surface area contributed by atoms with Crippen LogP contribution in [0.4, 0.5) is 4.39 Å². The van der Waals surface area contributed by atoms with Crippen LogP contribution in [0.2, 0.25) is 0 Å². The fraction of sp³-hybridized carbons (Fsp3) is 0.778. The van der Waals surface area contributed by atoms with Crippen LogP contribution < -0.4 is 0 Å². The van der Waals surface area contributed by atoms with Crippen LogP contribution in [0.25, 0.3) is 0 Å². The highest BCUT2D eigenvalue weighted by Gasteiger charge is 2.55. The average molecular weight is 188 g/mol. The highest BCUT2D eigenvalue weighted by molar-refractivity contribution is 6.08. The van der Waals surface area contributed by atoms with Crippen LogP contribution in [0.5, 0.6) is 0 Å². The molecule has 0 bridgehead atoms. The summed E-state index contributed by atoms with van der Waals surface area (Å²) in [6, 6.07) is 0. The number of esters is 1. The molecule has 0 aromatic carbocycles. The molecule has 13 heavy (non-hydrogen) atoms. The van der Waals surface area contributed by atoms with Crippen LogP contribution in [0.15, 0.2) is 0 Å². The van der Waals surface area contributed by atoms with Gasteiger partial charge in [-0.1, -0.05) is 6.92 Å². The number of hydrogen-bond acceptors (Lipinski definition) is 3. The van der Waals surface area contributed by atoms with Crippen molar-refractivity contribution in [3.05, 3.63) is 0 Å². The molecule has 0 spiro atoms. The minimum atomic E-state index is -2.38. The molecule has 74 valence electrons. The summed E-state index contributed by atoms with van der Waals surface area (Å²) in [7, 11) is 0. The minimum Gasteiger partial charge on any atom is -0.463 e. The Morgan fingerprint density at radius 1 is 1.77 bits per heavy atom. The molecule has 3 nitrogen and oxygen atoms in total. The van der Waals surface area contributed by atoms with Gasteiger partial charge in [0.25, 0.3) is 5.67 Å². The first-order valence-electron chi connectivity index (χ1n) is 4.42. The summed E-state index contributed by atoms with van der Waals surface area (Å²) in [5.74, 6) is -2.22. The number of halogens is 1. The van der Waals surface area contributed by atoms with E-state index in [-0.39, 0.29) is 13.0 Å². The van der Waals surface area contributed by atoms with Gasteiger partial charge in [-0.2, -0.15) is 0 Å². The van der Waals surface area contributed by atoms with E-state index in [1.807, 2.05) is 0 Å². The zero-order valence-corrected chi connectivity index (χ0v) is 7.80. The van der Waals surface area contributed by atoms with Crippen molar-refractivity contribution in [2.75, 3.05) is 6.61 Å². The second-order valence-corrected chi connectivity index (χ2v) is 3.30. The summed E-state index contributed by atoms with van der Waals surface area (Å²) in [4.78, 5) is 22.3. The summed E-state index contributed by atoms with van der Waals surface area (Å²) in [6.07, 6.45) is 0.560. The molecule has 0 saturated heterocycles. The molecule has 0 N–H and O–H groups in total. The number of carbonyl (C=O) groups excluding carboxylic acids is 2. The number of alkyl halides is 1. The van der Waals surface area contributed by atoms with Crippen molar-refractivity contribution in [1.29, 1.82) is 0 Å². The second kappa shape index (κ2) is 3.44. The first-order valence-corrected chi connectivity index (χ1v) is 4.42. The minimum absolute atomic E-state index is 0.102. The number of Topliss-reactive ketones (excluding diaryl/α,β-unsaturated/α-hetero) is 1. The van der Waals surface area contributed by atoms with Crippen molar-refractivity contribution in [1.82, 2.24) is 0 Å². The zero-order chi connectivity index (χ0) is 10.1. The van der Waals surface area contributed by atoms with Gasteiger partial charge in [0.1, 0.15) is 0 Å². The van der Waals surface area contributed by atoms with E-state index in [0.29, 0.717) is 6.42 Å². The van der Waals surface area contributed by atoms with Crippen molar-refractivity contribution in [3.8, 4) is 0 Å². The summed E-state index contributed by atoms with van der Waals surface area (Å²) < 4.78 is 18.4. The molecular formula is C9H13FO3. The SMILES string of the molecule is CCOC(=O)[C@]1(F)C(=O)CCC1C. The fourth-order valence-corrected chi connectivity index (χ4v) is 1.55. The second-order valence-electron chi connectivity index (χ2n) is 3.30. The molecule has 1 saturated carbocycles. The molecule has 0 radical (unpaired) electrons. The number of ether oxygens (including phenoxy) is 1. The standard InChI is InChI=1S/C9H13FO3/c1-3-13-8(12)9(10)6(2)4-5-7(9)11/h6H,3-5H2,1-2H3/t6?,9-/m1/s1. The van der Waals surface area contributed by atoms with Gasteiger partial charge in [-0.15, -0.1) is 0 Å².